The van der Waals surface area contributed by atoms with E-state index < -0.39 is 0 Å². The standard InChI is InChI=1S/C10H14N2/c1-4-9-6-7-12-8(3)10(9)11-5-2/h4,6-7,11H,1,5H2,2-3H3. The fourth-order valence-electron chi connectivity index (χ4n) is 1.16. The largest absolute Gasteiger partial charge is 0.383 e. The van der Waals surface area contributed by atoms with Crippen molar-refractivity contribution >= 4 is 11.8 Å². The van der Waals surface area contributed by atoms with Gasteiger partial charge in [0, 0.05) is 18.3 Å². The average Bonchev–Trinajstić information content (AvgIpc) is 2.09. The first kappa shape index (κ1) is 8.78. The van der Waals surface area contributed by atoms with E-state index in [1.165, 1.54) is 0 Å². The molecule has 0 amide bonds. The Balaban J connectivity index is 3.10. The highest BCUT2D eigenvalue weighted by molar-refractivity contribution is 5.67. The molecule has 2 heteroatoms. The Bertz CT molecular complexity index is 279. The number of nitrogens with one attached hydrogen (secondary N) is 1. The lowest BCUT2D eigenvalue weighted by molar-refractivity contribution is 1.14. The van der Waals surface area contributed by atoms with Gasteiger partial charge in [-0.2, -0.15) is 0 Å². The van der Waals surface area contributed by atoms with Crippen molar-refractivity contribution in [3.8, 4) is 0 Å². The van der Waals surface area contributed by atoms with Crippen molar-refractivity contribution in [3.05, 3.63) is 30.1 Å². The smallest absolute Gasteiger partial charge is 0.0629 e. The second-order valence-corrected chi connectivity index (χ2v) is 2.60. The maximum Gasteiger partial charge on any atom is 0.0629 e. The van der Waals surface area contributed by atoms with Crippen LogP contribution in [-0.2, 0) is 0 Å². The lowest BCUT2D eigenvalue weighted by Crippen LogP contribution is -2.02. The zero-order valence-electron chi connectivity index (χ0n) is 7.59. The van der Waals surface area contributed by atoms with Gasteiger partial charge in [-0.25, -0.2) is 0 Å². The maximum atomic E-state index is 4.20. The summed E-state index contributed by atoms with van der Waals surface area (Å²) in [5, 5.41) is 3.26. The molecule has 0 bridgehead atoms. The summed E-state index contributed by atoms with van der Waals surface area (Å²) in [6.45, 7) is 8.72. The van der Waals surface area contributed by atoms with Gasteiger partial charge in [-0.05, 0) is 19.9 Å². The van der Waals surface area contributed by atoms with Gasteiger partial charge in [0.2, 0.25) is 0 Å². The van der Waals surface area contributed by atoms with Crippen molar-refractivity contribution in [3.63, 3.8) is 0 Å². The molecule has 0 aliphatic rings. The van der Waals surface area contributed by atoms with E-state index in [2.05, 4.69) is 23.8 Å². The van der Waals surface area contributed by atoms with Crippen LogP contribution in [0, 0.1) is 6.92 Å². The van der Waals surface area contributed by atoms with Crippen LogP contribution in [0.15, 0.2) is 18.8 Å². The lowest BCUT2D eigenvalue weighted by Gasteiger charge is -2.09. The molecule has 64 valence electrons. The van der Waals surface area contributed by atoms with E-state index in [1.807, 2.05) is 19.1 Å². The minimum atomic E-state index is 0.910. The van der Waals surface area contributed by atoms with Gasteiger partial charge in [0.25, 0.3) is 0 Å². The number of rotatable bonds is 3. The molecule has 0 atom stereocenters. The van der Waals surface area contributed by atoms with Gasteiger partial charge < -0.3 is 5.32 Å². The quantitative estimate of drug-likeness (QED) is 0.738. The molecule has 0 saturated heterocycles. The Hall–Kier alpha value is -1.31. The van der Waals surface area contributed by atoms with Gasteiger partial charge in [0.05, 0.1) is 11.4 Å². The molecule has 1 heterocycles. The van der Waals surface area contributed by atoms with E-state index >= 15 is 0 Å². The van der Waals surface area contributed by atoms with Gasteiger partial charge >= 0.3 is 0 Å². The zero-order chi connectivity index (χ0) is 8.97. The van der Waals surface area contributed by atoms with Crippen molar-refractivity contribution in [1.82, 2.24) is 4.98 Å². The fourth-order valence-corrected chi connectivity index (χ4v) is 1.16. The summed E-state index contributed by atoms with van der Waals surface area (Å²) < 4.78 is 0. The van der Waals surface area contributed by atoms with Crippen LogP contribution in [0.1, 0.15) is 18.2 Å². The highest BCUT2D eigenvalue weighted by Crippen LogP contribution is 2.18. The minimum Gasteiger partial charge on any atom is -0.383 e. The highest BCUT2D eigenvalue weighted by atomic mass is 14.9. The molecular formula is C10H14N2. The molecule has 0 aromatic carbocycles. The molecule has 0 radical (unpaired) electrons. The summed E-state index contributed by atoms with van der Waals surface area (Å²) in [6.07, 6.45) is 3.64. The van der Waals surface area contributed by atoms with Crippen LogP contribution in [0.25, 0.3) is 6.08 Å². The van der Waals surface area contributed by atoms with Gasteiger partial charge in [-0.15, -0.1) is 0 Å². The molecule has 0 unspecified atom stereocenters. The normalized spacial score (nSPS) is 9.50. The third-order valence-corrected chi connectivity index (χ3v) is 1.75. The molecule has 0 aliphatic heterocycles. The lowest BCUT2D eigenvalue weighted by atomic mass is 10.2. The molecule has 1 aromatic heterocycles. The van der Waals surface area contributed by atoms with Crippen LogP contribution in [0.5, 0.6) is 0 Å². The molecular weight excluding hydrogens is 148 g/mol. The van der Waals surface area contributed by atoms with Crippen LogP contribution in [-0.4, -0.2) is 11.5 Å². The van der Waals surface area contributed by atoms with E-state index in [1.54, 1.807) is 6.20 Å². The van der Waals surface area contributed by atoms with Crippen LogP contribution in [0.4, 0.5) is 5.69 Å². The van der Waals surface area contributed by atoms with Crippen LogP contribution >= 0.6 is 0 Å². The monoisotopic (exact) mass is 162 g/mol. The first-order valence-corrected chi connectivity index (χ1v) is 4.11. The van der Waals surface area contributed by atoms with E-state index in [0.29, 0.717) is 0 Å². The summed E-state index contributed by atoms with van der Waals surface area (Å²) in [4.78, 5) is 4.20. The predicted octanol–water partition coefficient (Wildman–Crippen LogP) is 2.46. The molecule has 1 aromatic rings. The van der Waals surface area contributed by atoms with Crippen molar-refractivity contribution in [2.45, 2.75) is 13.8 Å². The second kappa shape index (κ2) is 3.90. The van der Waals surface area contributed by atoms with Crippen molar-refractivity contribution in [2.75, 3.05) is 11.9 Å². The van der Waals surface area contributed by atoms with Crippen molar-refractivity contribution < 1.29 is 0 Å². The van der Waals surface area contributed by atoms with Crippen LogP contribution in [0.3, 0.4) is 0 Å². The average molecular weight is 162 g/mol. The topological polar surface area (TPSA) is 24.9 Å². The Morgan fingerprint density at radius 1 is 1.67 bits per heavy atom. The van der Waals surface area contributed by atoms with E-state index in [9.17, 15) is 0 Å². The van der Waals surface area contributed by atoms with E-state index in [4.69, 9.17) is 0 Å². The van der Waals surface area contributed by atoms with Gasteiger partial charge in [0.1, 0.15) is 0 Å². The molecule has 1 rings (SSSR count). The van der Waals surface area contributed by atoms with E-state index in [0.717, 1.165) is 23.5 Å². The first-order chi connectivity index (χ1) is 5.79. The molecule has 0 spiro atoms. The van der Waals surface area contributed by atoms with Gasteiger partial charge in [-0.1, -0.05) is 12.7 Å². The second-order valence-electron chi connectivity index (χ2n) is 2.60. The number of hydrogen-bond donors (Lipinski definition) is 1. The number of nitrogens with zero attached hydrogens (tertiary/aromatic N) is 1. The van der Waals surface area contributed by atoms with Crippen LogP contribution in [0.2, 0.25) is 0 Å². The molecule has 0 aliphatic carbocycles. The summed E-state index contributed by atoms with van der Waals surface area (Å²) in [5.41, 5.74) is 3.23. The summed E-state index contributed by atoms with van der Waals surface area (Å²) in [7, 11) is 0. The Morgan fingerprint density at radius 2 is 2.42 bits per heavy atom. The summed E-state index contributed by atoms with van der Waals surface area (Å²) in [6, 6.07) is 1.96. The Labute approximate surface area is 73.3 Å². The number of pyridine rings is 1. The number of aryl methyl sites for hydroxylation is 1. The zero-order valence-corrected chi connectivity index (χ0v) is 7.59. The molecule has 2 nitrogen and oxygen atoms in total. The first-order valence-electron chi connectivity index (χ1n) is 4.11. The summed E-state index contributed by atoms with van der Waals surface area (Å²) >= 11 is 0. The highest BCUT2D eigenvalue weighted by Gasteiger charge is 2.00. The van der Waals surface area contributed by atoms with Gasteiger partial charge in [0.15, 0.2) is 0 Å². The Kier molecular flexibility index (Phi) is 2.86. The fraction of sp³-hybridized carbons (Fsp3) is 0.300. The summed E-state index contributed by atoms with van der Waals surface area (Å²) in [5.74, 6) is 0. The Morgan fingerprint density at radius 3 is 3.00 bits per heavy atom. The molecule has 0 saturated carbocycles. The third-order valence-electron chi connectivity index (χ3n) is 1.75. The minimum absolute atomic E-state index is 0.910. The SMILES string of the molecule is C=Cc1ccnc(C)c1NCC. The molecule has 0 fully saturated rings. The third kappa shape index (κ3) is 1.64. The number of hydrogen-bond acceptors (Lipinski definition) is 2. The van der Waals surface area contributed by atoms with Crippen molar-refractivity contribution in [2.24, 2.45) is 0 Å². The molecule has 1 N–H and O–H groups in total. The van der Waals surface area contributed by atoms with Crippen molar-refractivity contribution in [1.29, 1.82) is 0 Å². The predicted molar refractivity (Wildman–Crippen MR) is 53.2 cm³/mol. The number of anilines is 1. The van der Waals surface area contributed by atoms with Gasteiger partial charge in [-0.3, -0.25) is 4.98 Å². The number of aromatic nitrogens is 1. The maximum absolute atomic E-state index is 4.20. The molecule has 12 heavy (non-hydrogen) atoms. The van der Waals surface area contributed by atoms with E-state index in [-0.39, 0.29) is 0 Å². The van der Waals surface area contributed by atoms with Crippen LogP contribution < -0.4 is 5.32 Å².